The molecule has 76 valence electrons. The fourth-order valence-electron chi connectivity index (χ4n) is 0.677. The van der Waals surface area contributed by atoms with Gasteiger partial charge in [-0.25, -0.2) is 9.97 Å². The lowest BCUT2D eigenvalue weighted by Crippen LogP contribution is -2.08. The molecule has 0 aliphatic rings. The smallest absolute Gasteiger partial charge is 0.302 e. The summed E-state index contributed by atoms with van der Waals surface area (Å²) in [5.74, 6) is 0.0430. The van der Waals surface area contributed by atoms with Crippen LogP contribution in [0.1, 0.15) is 5.69 Å². The van der Waals surface area contributed by atoms with E-state index in [9.17, 15) is 18.0 Å². The molecular formula is C7H5F3N2OS. The number of carbonyl (C=O) groups is 1. The van der Waals surface area contributed by atoms with Crippen molar-refractivity contribution in [1.82, 2.24) is 9.97 Å². The average Bonchev–Trinajstić information content (AvgIpc) is 2.14. The van der Waals surface area contributed by atoms with E-state index in [2.05, 4.69) is 9.97 Å². The van der Waals surface area contributed by atoms with Gasteiger partial charge in [0.05, 0.1) is 5.75 Å². The first-order valence-electron chi connectivity index (χ1n) is 3.50. The number of alkyl halides is 3. The highest BCUT2D eigenvalue weighted by molar-refractivity contribution is 7.99. The van der Waals surface area contributed by atoms with Gasteiger partial charge >= 0.3 is 6.18 Å². The number of rotatable bonds is 3. The van der Waals surface area contributed by atoms with Crippen molar-refractivity contribution in [3.63, 3.8) is 0 Å². The molecule has 0 aromatic carbocycles. The van der Waals surface area contributed by atoms with Gasteiger partial charge in [-0.15, -0.1) is 0 Å². The van der Waals surface area contributed by atoms with Crippen molar-refractivity contribution < 1.29 is 18.0 Å². The van der Waals surface area contributed by atoms with Crippen LogP contribution in [0.15, 0.2) is 17.4 Å². The lowest BCUT2D eigenvalue weighted by Gasteiger charge is -2.05. The Balaban J connectivity index is 2.84. The number of hydrogen-bond donors (Lipinski definition) is 0. The first-order valence-corrected chi connectivity index (χ1v) is 4.49. The third kappa shape index (κ3) is 2.99. The first kappa shape index (κ1) is 11.0. The van der Waals surface area contributed by atoms with Crippen LogP contribution in [0.3, 0.4) is 0 Å². The number of hydrogen-bond acceptors (Lipinski definition) is 4. The van der Waals surface area contributed by atoms with Crippen LogP contribution in [-0.4, -0.2) is 22.0 Å². The van der Waals surface area contributed by atoms with E-state index in [1.165, 1.54) is 0 Å². The van der Waals surface area contributed by atoms with Crippen molar-refractivity contribution in [1.29, 1.82) is 0 Å². The fourth-order valence-corrected chi connectivity index (χ4v) is 1.19. The van der Waals surface area contributed by atoms with E-state index in [1.807, 2.05) is 0 Å². The lowest BCUT2D eigenvalue weighted by atomic mass is 10.4. The van der Waals surface area contributed by atoms with E-state index in [0.717, 1.165) is 24.0 Å². The van der Waals surface area contributed by atoms with Gasteiger partial charge in [-0.3, -0.25) is 0 Å². The average molecular weight is 222 g/mol. The number of carbonyl (C=O) groups excluding carboxylic acids is 1. The highest BCUT2D eigenvalue weighted by Crippen LogP contribution is 2.28. The maximum atomic E-state index is 12.1. The quantitative estimate of drug-likeness (QED) is 0.444. The van der Waals surface area contributed by atoms with Crippen molar-refractivity contribution in [3.8, 4) is 0 Å². The summed E-state index contributed by atoms with van der Waals surface area (Å²) in [4.78, 5) is 16.8. The monoisotopic (exact) mass is 222 g/mol. The van der Waals surface area contributed by atoms with E-state index in [-0.39, 0.29) is 10.9 Å². The minimum absolute atomic E-state index is 0.0430. The zero-order valence-corrected chi connectivity index (χ0v) is 7.60. The second-order valence-electron chi connectivity index (χ2n) is 2.20. The molecular weight excluding hydrogens is 217 g/mol. The van der Waals surface area contributed by atoms with Gasteiger partial charge in [-0.2, -0.15) is 13.2 Å². The molecule has 0 N–H and O–H groups in total. The van der Waals surface area contributed by atoms with E-state index < -0.39 is 11.9 Å². The number of aromatic nitrogens is 2. The van der Waals surface area contributed by atoms with Crippen LogP contribution in [0, 0.1) is 0 Å². The van der Waals surface area contributed by atoms with E-state index in [1.54, 1.807) is 0 Å². The van der Waals surface area contributed by atoms with Crippen LogP contribution in [-0.2, 0) is 11.0 Å². The standard InChI is InChI=1S/C7H5F3N2OS/c8-7(9,10)5-1-2-11-6(12-5)14-4-3-13/h1-3H,4H2. The number of halogens is 3. The van der Waals surface area contributed by atoms with Crippen molar-refractivity contribution in [2.45, 2.75) is 11.3 Å². The van der Waals surface area contributed by atoms with Crippen molar-refractivity contribution >= 4 is 18.0 Å². The Kier molecular flexibility index (Phi) is 3.45. The molecule has 0 radical (unpaired) electrons. The SMILES string of the molecule is O=CCSc1nccc(C(F)(F)F)n1. The fraction of sp³-hybridized carbons (Fsp3) is 0.286. The molecule has 0 aliphatic carbocycles. The maximum absolute atomic E-state index is 12.1. The summed E-state index contributed by atoms with van der Waals surface area (Å²) in [6.45, 7) is 0. The summed E-state index contributed by atoms with van der Waals surface area (Å²) in [6, 6.07) is 0.783. The summed E-state index contributed by atoms with van der Waals surface area (Å²) in [5.41, 5.74) is -0.999. The predicted octanol–water partition coefficient (Wildman–Crippen LogP) is 1.79. The lowest BCUT2D eigenvalue weighted by molar-refractivity contribution is -0.141. The van der Waals surface area contributed by atoms with Crippen LogP contribution in [0.25, 0.3) is 0 Å². The minimum atomic E-state index is -4.47. The third-order valence-electron chi connectivity index (χ3n) is 1.20. The van der Waals surface area contributed by atoms with E-state index >= 15 is 0 Å². The molecule has 3 nitrogen and oxygen atoms in total. The molecule has 0 aliphatic heterocycles. The van der Waals surface area contributed by atoms with Crippen LogP contribution >= 0.6 is 11.8 Å². The molecule has 0 fully saturated rings. The normalized spacial score (nSPS) is 11.4. The number of nitrogens with zero attached hydrogens (tertiary/aromatic N) is 2. The second kappa shape index (κ2) is 4.41. The molecule has 0 saturated heterocycles. The summed E-state index contributed by atoms with van der Waals surface area (Å²) < 4.78 is 36.4. The van der Waals surface area contributed by atoms with Crippen LogP contribution in [0.4, 0.5) is 13.2 Å². The van der Waals surface area contributed by atoms with Crippen LogP contribution < -0.4 is 0 Å². The Morgan fingerprint density at radius 1 is 1.50 bits per heavy atom. The van der Waals surface area contributed by atoms with Gasteiger partial charge < -0.3 is 4.79 Å². The minimum Gasteiger partial charge on any atom is -0.302 e. The van der Waals surface area contributed by atoms with Gasteiger partial charge in [-0.1, -0.05) is 11.8 Å². The molecule has 1 aromatic rings. The van der Waals surface area contributed by atoms with Crippen LogP contribution in [0.5, 0.6) is 0 Å². The van der Waals surface area contributed by atoms with Gasteiger partial charge in [0, 0.05) is 6.20 Å². The van der Waals surface area contributed by atoms with Gasteiger partial charge in [-0.05, 0) is 6.07 Å². The largest absolute Gasteiger partial charge is 0.433 e. The Morgan fingerprint density at radius 3 is 2.79 bits per heavy atom. The molecule has 0 saturated carbocycles. The third-order valence-corrected chi connectivity index (χ3v) is 1.96. The Bertz CT molecular complexity index is 329. The molecule has 1 aromatic heterocycles. The summed E-state index contributed by atoms with van der Waals surface area (Å²) in [5, 5.41) is -0.0491. The molecule has 0 bridgehead atoms. The summed E-state index contributed by atoms with van der Waals surface area (Å²) in [7, 11) is 0. The molecule has 7 heteroatoms. The Labute approximate surface area is 81.7 Å². The molecule has 0 amide bonds. The molecule has 1 heterocycles. The van der Waals surface area contributed by atoms with E-state index in [4.69, 9.17) is 0 Å². The van der Waals surface area contributed by atoms with Crippen molar-refractivity contribution in [2.24, 2.45) is 0 Å². The highest BCUT2D eigenvalue weighted by Gasteiger charge is 2.32. The second-order valence-corrected chi connectivity index (χ2v) is 3.19. The highest BCUT2D eigenvalue weighted by atomic mass is 32.2. The topological polar surface area (TPSA) is 42.9 Å². The Hall–Kier alpha value is -1.11. The molecule has 1 rings (SSSR count). The Morgan fingerprint density at radius 2 is 2.21 bits per heavy atom. The maximum Gasteiger partial charge on any atom is 0.433 e. The van der Waals surface area contributed by atoms with Gasteiger partial charge in [0.1, 0.15) is 12.0 Å². The number of thioether (sulfide) groups is 1. The van der Waals surface area contributed by atoms with Gasteiger partial charge in [0.15, 0.2) is 5.16 Å². The summed E-state index contributed by atoms with van der Waals surface area (Å²) in [6.07, 6.45) is -2.88. The van der Waals surface area contributed by atoms with Crippen LogP contribution in [0.2, 0.25) is 0 Å². The summed E-state index contributed by atoms with van der Waals surface area (Å²) >= 11 is 0.860. The first-order chi connectivity index (χ1) is 6.54. The molecule has 0 unspecified atom stereocenters. The zero-order chi connectivity index (χ0) is 10.6. The number of aldehydes is 1. The van der Waals surface area contributed by atoms with E-state index in [0.29, 0.717) is 6.29 Å². The van der Waals surface area contributed by atoms with Crippen molar-refractivity contribution in [2.75, 3.05) is 5.75 Å². The zero-order valence-electron chi connectivity index (χ0n) is 6.78. The molecule has 0 spiro atoms. The van der Waals surface area contributed by atoms with Gasteiger partial charge in [0.25, 0.3) is 0 Å². The molecule has 0 atom stereocenters. The van der Waals surface area contributed by atoms with Crippen molar-refractivity contribution in [3.05, 3.63) is 18.0 Å². The molecule has 14 heavy (non-hydrogen) atoms. The predicted molar refractivity (Wildman–Crippen MR) is 43.8 cm³/mol. The van der Waals surface area contributed by atoms with Gasteiger partial charge in [0.2, 0.25) is 0 Å².